The minimum Gasteiger partial charge on any atom is -0.462 e. The molecule has 3 rings (SSSR count). The number of nitrogens with one attached hydrogen (secondary N) is 1. The molecule has 2 aromatic carbocycles. The molecular formula is C21H19Cl2N3O4S. The number of hydrogen-bond acceptors (Lipinski definition) is 6. The van der Waals surface area contributed by atoms with Gasteiger partial charge in [0.05, 0.1) is 17.9 Å². The molecule has 0 bridgehead atoms. The third-order valence-electron chi connectivity index (χ3n) is 4.30. The number of carbonyl (C=O) groups excluding carboxylic acids is 3. The van der Waals surface area contributed by atoms with E-state index in [0.717, 1.165) is 0 Å². The van der Waals surface area contributed by atoms with Gasteiger partial charge in [-0.15, -0.1) is 0 Å². The lowest BCUT2D eigenvalue weighted by Crippen LogP contribution is -2.43. The summed E-state index contributed by atoms with van der Waals surface area (Å²) in [7, 11) is 1.60. The number of ether oxygens (including phenoxy) is 1. The van der Waals surface area contributed by atoms with Gasteiger partial charge in [0, 0.05) is 29.2 Å². The maximum absolute atomic E-state index is 12.8. The predicted octanol–water partition coefficient (Wildman–Crippen LogP) is 4.76. The second-order valence-corrected chi connectivity index (χ2v) is 8.62. The first kappa shape index (κ1) is 23.1. The molecule has 0 aromatic heterocycles. The number of thioether (sulfide) groups is 1. The van der Waals surface area contributed by atoms with E-state index in [2.05, 4.69) is 10.3 Å². The maximum Gasteiger partial charge on any atom is 0.338 e. The molecule has 1 aliphatic rings. The lowest BCUT2D eigenvalue weighted by molar-refractivity contribution is -0.128. The van der Waals surface area contributed by atoms with Crippen LogP contribution in [0.1, 0.15) is 23.7 Å². The third-order valence-corrected chi connectivity index (χ3v) is 5.97. The van der Waals surface area contributed by atoms with Crippen molar-refractivity contribution in [1.82, 2.24) is 4.90 Å². The van der Waals surface area contributed by atoms with Crippen molar-refractivity contribution in [1.29, 1.82) is 0 Å². The summed E-state index contributed by atoms with van der Waals surface area (Å²) >= 11 is 13.2. The predicted molar refractivity (Wildman–Crippen MR) is 123 cm³/mol. The van der Waals surface area contributed by atoms with Crippen LogP contribution in [0.5, 0.6) is 0 Å². The minimum absolute atomic E-state index is 0.0310. The molecule has 0 spiro atoms. The number of rotatable bonds is 5. The Kier molecular flexibility index (Phi) is 7.59. The zero-order chi connectivity index (χ0) is 22.5. The van der Waals surface area contributed by atoms with Crippen LogP contribution in [0.3, 0.4) is 0 Å². The van der Waals surface area contributed by atoms with Gasteiger partial charge in [0.25, 0.3) is 0 Å². The number of aliphatic imine (C=N–C) groups is 1. The molecule has 2 amide bonds. The summed E-state index contributed by atoms with van der Waals surface area (Å²) in [6.45, 7) is 2.01. The van der Waals surface area contributed by atoms with Gasteiger partial charge < -0.3 is 10.1 Å². The Morgan fingerprint density at radius 1 is 1.19 bits per heavy atom. The number of carbonyl (C=O) groups is 3. The minimum atomic E-state index is -0.665. The van der Waals surface area contributed by atoms with E-state index in [4.69, 9.17) is 27.9 Å². The zero-order valence-corrected chi connectivity index (χ0v) is 19.1. The SMILES string of the molecule is CCOC(=O)c1ccc(NC(=O)C2CC(=O)N(C)C(=Nc3cc(Cl)cc(Cl)c3)S2)cc1. The average Bonchev–Trinajstić information content (AvgIpc) is 2.71. The normalized spacial score (nSPS) is 17.5. The quantitative estimate of drug-likeness (QED) is 0.624. The van der Waals surface area contributed by atoms with Crippen molar-refractivity contribution < 1.29 is 19.1 Å². The molecule has 10 heteroatoms. The lowest BCUT2D eigenvalue weighted by Gasteiger charge is -2.28. The van der Waals surface area contributed by atoms with Crippen LogP contribution in [0, 0.1) is 0 Å². The van der Waals surface area contributed by atoms with Gasteiger partial charge in [-0.05, 0) is 49.4 Å². The summed E-state index contributed by atoms with van der Waals surface area (Å²) < 4.78 is 4.94. The number of esters is 1. The summed E-state index contributed by atoms with van der Waals surface area (Å²) in [5.41, 5.74) is 1.37. The summed E-state index contributed by atoms with van der Waals surface area (Å²) in [5, 5.41) is 3.31. The maximum atomic E-state index is 12.8. The Morgan fingerprint density at radius 2 is 1.84 bits per heavy atom. The lowest BCUT2D eigenvalue weighted by atomic mass is 10.2. The first-order valence-electron chi connectivity index (χ1n) is 9.33. The van der Waals surface area contributed by atoms with E-state index >= 15 is 0 Å². The first-order valence-corrected chi connectivity index (χ1v) is 11.0. The molecule has 31 heavy (non-hydrogen) atoms. The van der Waals surface area contributed by atoms with Crippen molar-refractivity contribution in [3.63, 3.8) is 0 Å². The fraction of sp³-hybridized carbons (Fsp3) is 0.238. The second kappa shape index (κ2) is 10.2. The number of anilines is 1. The number of benzene rings is 2. The highest BCUT2D eigenvalue weighted by molar-refractivity contribution is 8.15. The topological polar surface area (TPSA) is 88.1 Å². The molecule has 1 saturated heterocycles. The highest BCUT2D eigenvalue weighted by Crippen LogP contribution is 2.31. The molecule has 1 aliphatic heterocycles. The second-order valence-electron chi connectivity index (χ2n) is 6.57. The van der Waals surface area contributed by atoms with Gasteiger partial charge in [-0.3, -0.25) is 14.5 Å². The van der Waals surface area contributed by atoms with Crippen LogP contribution < -0.4 is 5.32 Å². The molecule has 0 aliphatic carbocycles. The highest BCUT2D eigenvalue weighted by atomic mass is 35.5. The Hall–Kier alpha value is -2.55. The zero-order valence-electron chi connectivity index (χ0n) is 16.7. The van der Waals surface area contributed by atoms with E-state index in [1.807, 2.05) is 0 Å². The Balaban J connectivity index is 1.73. The molecule has 1 heterocycles. The van der Waals surface area contributed by atoms with Crippen LogP contribution in [-0.2, 0) is 14.3 Å². The van der Waals surface area contributed by atoms with Gasteiger partial charge in [0.1, 0.15) is 5.25 Å². The molecule has 0 saturated carbocycles. The average molecular weight is 480 g/mol. The van der Waals surface area contributed by atoms with Gasteiger partial charge in [0.15, 0.2) is 5.17 Å². The number of amides is 2. The van der Waals surface area contributed by atoms with Crippen LogP contribution >= 0.6 is 35.0 Å². The molecule has 1 atom stereocenters. The van der Waals surface area contributed by atoms with Gasteiger partial charge in [-0.1, -0.05) is 35.0 Å². The number of nitrogens with zero attached hydrogens (tertiary/aromatic N) is 2. The van der Waals surface area contributed by atoms with Gasteiger partial charge >= 0.3 is 5.97 Å². The molecule has 7 nitrogen and oxygen atoms in total. The Labute approximate surface area is 193 Å². The van der Waals surface area contributed by atoms with Crippen molar-refractivity contribution >= 4 is 69.3 Å². The van der Waals surface area contributed by atoms with E-state index in [1.54, 1.807) is 56.4 Å². The van der Waals surface area contributed by atoms with Gasteiger partial charge in [0.2, 0.25) is 11.8 Å². The molecule has 1 N–H and O–H groups in total. The van der Waals surface area contributed by atoms with Crippen LogP contribution in [-0.4, -0.2) is 46.8 Å². The van der Waals surface area contributed by atoms with E-state index in [-0.39, 0.29) is 24.8 Å². The molecular weight excluding hydrogens is 461 g/mol. The van der Waals surface area contributed by atoms with E-state index < -0.39 is 11.2 Å². The third kappa shape index (κ3) is 6.00. The van der Waals surface area contributed by atoms with E-state index in [0.29, 0.717) is 32.2 Å². The van der Waals surface area contributed by atoms with Crippen molar-refractivity contribution in [3.8, 4) is 0 Å². The summed E-state index contributed by atoms with van der Waals surface area (Å²) in [5.74, 6) is -1.01. The molecule has 1 fully saturated rings. The van der Waals surface area contributed by atoms with Gasteiger partial charge in [-0.25, -0.2) is 9.79 Å². The van der Waals surface area contributed by atoms with Crippen LogP contribution in [0.15, 0.2) is 47.5 Å². The van der Waals surface area contributed by atoms with Crippen LogP contribution in [0.4, 0.5) is 11.4 Å². The van der Waals surface area contributed by atoms with Crippen molar-refractivity contribution in [3.05, 3.63) is 58.1 Å². The molecule has 0 radical (unpaired) electrons. The van der Waals surface area contributed by atoms with Gasteiger partial charge in [-0.2, -0.15) is 0 Å². The number of hydrogen-bond donors (Lipinski definition) is 1. The Bertz CT molecular complexity index is 1020. The van der Waals surface area contributed by atoms with E-state index in [9.17, 15) is 14.4 Å². The van der Waals surface area contributed by atoms with Crippen molar-refractivity contribution in [2.45, 2.75) is 18.6 Å². The standard InChI is InChI=1S/C21H19Cl2N3O4S/c1-3-30-20(29)12-4-6-15(7-5-12)24-19(28)17-11-18(27)26(2)21(31-17)25-16-9-13(22)8-14(23)10-16/h4-10,17H,3,11H2,1-2H3,(H,24,28). The Morgan fingerprint density at radius 3 is 2.45 bits per heavy atom. The summed E-state index contributed by atoms with van der Waals surface area (Å²) in [4.78, 5) is 42.8. The van der Waals surface area contributed by atoms with E-state index in [1.165, 1.54) is 16.7 Å². The molecule has 1 unspecified atom stereocenters. The number of amidine groups is 1. The van der Waals surface area contributed by atoms with Crippen molar-refractivity contribution in [2.75, 3.05) is 19.0 Å². The molecule has 2 aromatic rings. The van der Waals surface area contributed by atoms with Crippen LogP contribution in [0.2, 0.25) is 10.0 Å². The highest BCUT2D eigenvalue weighted by Gasteiger charge is 2.34. The van der Waals surface area contributed by atoms with Crippen molar-refractivity contribution in [2.24, 2.45) is 4.99 Å². The van der Waals surface area contributed by atoms with Crippen LogP contribution in [0.25, 0.3) is 0 Å². The smallest absolute Gasteiger partial charge is 0.338 e. The fourth-order valence-electron chi connectivity index (χ4n) is 2.74. The largest absolute Gasteiger partial charge is 0.462 e. The summed E-state index contributed by atoms with van der Waals surface area (Å²) in [6.07, 6.45) is 0.0310. The fourth-order valence-corrected chi connectivity index (χ4v) is 4.32. The first-order chi connectivity index (χ1) is 14.8. The summed E-state index contributed by atoms with van der Waals surface area (Å²) in [6, 6.07) is 11.2. The number of halogens is 2. The monoisotopic (exact) mass is 479 g/mol. The molecule has 162 valence electrons.